The minimum absolute atomic E-state index is 0.489. The topological polar surface area (TPSA) is 80.5 Å². The minimum Gasteiger partial charge on any atom is -0.367 e. The molecule has 0 radical (unpaired) electrons. The summed E-state index contributed by atoms with van der Waals surface area (Å²) in [5, 5.41) is 14.0. The fourth-order valence-corrected chi connectivity index (χ4v) is 1.41. The van der Waals surface area contributed by atoms with E-state index in [0.29, 0.717) is 29.9 Å². The van der Waals surface area contributed by atoms with E-state index in [4.69, 9.17) is 11.6 Å². The average Bonchev–Trinajstić information content (AvgIpc) is 2.84. The Kier molecular flexibility index (Phi) is 3.71. The summed E-state index contributed by atoms with van der Waals surface area (Å²) < 4.78 is 1.72. The molecule has 7 nitrogen and oxygen atoms in total. The molecule has 0 saturated carbocycles. The average molecular weight is 254 g/mol. The second-order valence-electron chi connectivity index (χ2n) is 3.23. The van der Waals surface area contributed by atoms with Crippen LogP contribution in [0.1, 0.15) is 0 Å². The van der Waals surface area contributed by atoms with E-state index in [1.54, 1.807) is 30.3 Å². The lowest BCUT2D eigenvalue weighted by Crippen LogP contribution is -2.13. The Morgan fingerprint density at radius 1 is 1.47 bits per heavy atom. The van der Waals surface area contributed by atoms with Crippen LogP contribution in [0, 0.1) is 0 Å². The number of halogens is 1. The first-order valence-electron chi connectivity index (χ1n) is 5.08. The van der Waals surface area contributed by atoms with E-state index in [2.05, 4.69) is 30.9 Å². The van der Waals surface area contributed by atoms with Crippen LogP contribution in [0.2, 0.25) is 5.02 Å². The SMILES string of the molecule is CNc1ncc(Cl)c(NCCn2ccnn2)n1. The van der Waals surface area contributed by atoms with E-state index in [-0.39, 0.29) is 0 Å². The molecule has 0 bridgehead atoms. The first-order valence-corrected chi connectivity index (χ1v) is 5.45. The molecule has 0 aromatic carbocycles. The van der Waals surface area contributed by atoms with E-state index >= 15 is 0 Å². The molecule has 0 fully saturated rings. The first kappa shape index (κ1) is 11.6. The monoisotopic (exact) mass is 253 g/mol. The molecule has 2 heterocycles. The molecule has 2 N–H and O–H groups in total. The zero-order valence-corrected chi connectivity index (χ0v) is 10.0. The first-order chi connectivity index (χ1) is 8.29. The van der Waals surface area contributed by atoms with E-state index in [0.717, 1.165) is 0 Å². The maximum Gasteiger partial charge on any atom is 0.224 e. The summed E-state index contributed by atoms with van der Waals surface area (Å²) in [5.41, 5.74) is 0. The van der Waals surface area contributed by atoms with Crippen LogP contribution in [-0.4, -0.2) is 38.6 Å². The zero-order valence-electron chi connectivity index (χ0n) is 9.26. The van der Waals surface area contributed by atoms with E-state index in [1.165, 1.54) is 0 Å². The number of hydrogen-bond donors (Lipinski definition) is 2. The Labute approximate surface area is 103 Å². The lowest BCUT2D eigenvalue weighted by molar-refractivity contribution is 0.608. The highest BCUT2D eigenvalue weighted by atomic mass is 35.5. The highest BCUT2D eigenvalue weighted by Gasteiger charge is 2.03. The van der Waals surface area contributed by atoms with Gasteiger partial charge in [-0.1, -0.05) is 16.8 Å². The van der Waals surface area contributed by atoms with Crippen molar-refractivity contribution >= 4 is 23.4 Å². The van der Waals surface area contributed by atoms with Crippen molar-refractivity contribution < 1.29 is 0 Å². The Balaban J connectivity index is 1.94. The Morgan fingerprint density at radius 2 is 2.35 bits per heavy atom. The molecule has 0 atom stereocenters. The van der Waals surface area contributed by atoms with Crippen LogP contribution in [-0.2, 0) is 6.54 Å². The molecule has 17 heavy (non-hydrogen) atoms. The fourth-order valence-electron chi connectivity index (χ4n) is 1.25. The summed E-state index contributed by atoms with van der Waals surface area (Å²) in [5.74, 6) is 1.13. The molecule has 2 aromatic heterocycles. The number of rotatable bonds is 5. The number of nitrogens with zero attached hydrogens (tertiary/aromatic N) is 5. The number of hydrogen-bond acceptors (Lipinski definition) is 6. The van der Waals surface area contributed by atoms with Gasteiger partial charge in [-0.05, 0) is 0 Å². The molecule has 0 unspecified atom stereocenters. The van der Waals surface area contributed by atoms with Crippen LogP contribution < -0.4 is 10.6 Å². The van der Waals surface area contributed by atoms with Gasteiger partial charge in [0, 0.05) is 19.8 Å². The molecule has 0 aliphatic carbocycles. The zero-order chi connectivity index (χ0) is 12.1. The Hall–Kier alpha value is -1.89. The van der Waals surface area contributed by atoms with Gasteiger partial charge in [-0.25, -0.2) is 4.98 Å². The van der Waals surface area contributed by atoms with Gasteiger partial charge in [0.2, 0.25) is 5.95 Å². The third-order valence-electron chi connectivity index (χ3n) is 2.07. The van der Waals surface area contributed by atoms with Gasteiger partial charge in [-0.15, -0.1) is 5.10 Å². The summed E-state index contributed by atoms with van der Waals surface area (Å²) in [7, 11) is 1.75. The van der Waals surface area contributed by atoms with Gasteiger partial charge in [0.05, 0.1) is 18.9 Å². The molecule has 0 aliphatic rings. The van der Waals surface area contributed by atoms with Crippen LogP contribution in [0.5, 0.6) is 0 Å². The maximum absolute atomic E-state index is 5.96. The number of aromatic nitrogens is 5. The molecule has 8 heteroatoms. The Bertz CT molecular complexity index is 470. The van der Waals surface area contributed by atoms with Crippen molar-refractivity contribution in [1.82, 2.24) is 25.0 Å². The van der Waals surface area contributed by atoms with Crippen molar-refractivity contribution in [2.75, 3.05) is 24.2 Å². The smallest absolute Gasteiger partial charge is 0.224 e. The van der Waals surface area contributed by atoms with E-state index in [9.17, 15) is 0 Å². The molecule has 90 valence electrons. The lowest BCUT2D eigenvalue weighted by Gasteiger charge is -2.08. The van der Waals surface area contributed by atoms with Gasteiger partial charge in [-0.2, -0.15) is 4.98 Å². The van der Waals surface area contributed by atoms with Crippen LogP contribution >= 0.6 is 11.6 Å². The second-order valence-corrected chi connectivity index (χ2v) is 3.64. The third kappa shape index (κ3) is 3.04. The molecule has 2 aromatic rings. The molecule has 0 amide bonds. The van der Waals surface area contributed by atoms with Crippen molar-refractivity contribution in [2.24, 2.45) is 0 Å². The lowest BCUT2D eigenvalue weighted by atomic mass is 10.5. The van der Waals surface area contributed by atoms with E-state index < -0.39 is 0 Å². The molecule has 0 saturated heterocycles. The van der Waals surface area contributed by atoms with Crippen molar-refractivity contribution in [2.45, 2.75) is 6.54 Å². The van der Waals surface area contributed by atoms with Gasteiger partial charge < -0.3 is 10.6 Å². The van der Waals surface area contributed by atoms with Gasteiger partial charge in [0.15, 0.2) is 5.82 Å². The molecule has 2 rings (SSSR count). The predicted octanol–water partition coefficient (Wildman–Crippen LogP) is 0.875. The summed E-state index contributed by atoms with van der Waals surface area (Å²) in [6, 6.07) is 0. The minimum atomic E-state index is 0.489. The van der Waals surface area contributed by atoms with Crippen LogP contribution in [0.3, 0.4) is 0 Å². The second kappa shape index (κ2) is 5.44. The summed E-state index contributed by atoms with van der Waals surface area (Å²) in [6.07, 6.45) is 4.98. The highest BCUT2D eigenvalue weighted by molar-refractivity contribution is 6.32. The largest absolute Gasteiger partial charge is 0.367 e. The standard InChI is InChI=1S/C9H12ClN7/c1-11-9-13-6-7(10)8(15-9)12-2-4-17-5-3-14-16-17/h3,5-6H,2,4H2,1H3,(H2,11,12,13,15). The number of nitrogens with one attached hydrogen (secondary N) is 2. The van der Waals surface area contributed by atoms with Gasteiger partial charge in [0.25, 0.3) is 0 Å². The molecule has 0 spiro atoms. The van der Waals surface area contributed by atoms with E-state index in [1.807, 2.05) is 0 Å². The fraction of sp³-hybridized carbons (Fsp3) is 0.333. The molecular formula is C9H12ClN7. The maximum atomic E-state index is 5.96. The predicted molar refractivity (Wildman–Crippen MR) is 65.1 cm³/mol. The quantitative estimate of drug-likeness (QED) is 0.823. The van der Waals surface area contributed by atoms with Gasteiger partial charge >= 0.3 is 0 Å². The molecule has 0 aliphatic heterocycles. The number of anilines is 2. The summed E-state index contributed by atoms with van der Waals surface area (Å²) in [6.45, 7) is 1.35. The summed E-state index contributed by atoms with van der Waals surface area (Å²) >= 11 is 5.96. The van der Waals surface area contributed by atoms with Crippen molar-refractivity contribution in [3.8, 4) is 0 Å². The van der Waals surface area contributed by atoms with Crippen molar-refractivity contribution in [1.29, 1.82) is 0 Å². The Morgan fingerprint density at radius 3 is 3.06 bits per heavy atom. The van der Waals surface area contributed by atoms with Crippen LogP contribution in [0.25, 0.3) is 0 Å². The van der Waals surface area contributed by atoms with Gasteiger partial charge in [-0.3, -0.25) is 4.68 Å². The van der Waals surface area contributed by atoms with Gasteiger partial charge in [0.1, 0.15) is 5.02 Å². The normalized spacial score (nSPS) is 10.2. The molecular weight excluding hydrogens is 242 g/mol. The van der Waals surface area contributed by atoms with Crippen molar-refractivity contribution in [3.05, 3.63) is 23.6 Å². The highest BCUT2D eigenvalue weighted by Crippen LogP contribution is 2.18. The van der Waals surface area contributed by atoms with Crippen LogP contribution in [0.4, 0.5) is 11.8 Å². The third-order valence-corrected chi connectivity index (χ3v) is 2.35. The van der Waals surface area contributed by atoms with Crippen LogP contribution in [0.15, 0.2) is 18.6 Å². The van der Waals surface area contributed by atoms with Crippen molar-refractivity contribution in [3.63, 3.8) is 0 Å². The summed E-state index contributed by atoms with van der Waals surface area (Å²) in [4.78, 5) is 8.19.